The Balaban J connectivity index is 2.39. The number of para-hydroxylation sites is 1. The third-order valence-electron chi connectivity index (χ3n) is 2.63. The summed E-state index contributed by atoms with van der Waals surface area (Å²) in [7, 11) is 0. The van der Waals surface area contributed by atoms with Crippen molar-refractivity contribution in [1.29, 1.82) is 0 Å². The van der Waals surface area contributed by atoms with Gasteiger partial charge in [0.2, 0.25) is 5.96 Å². The highest BCUT2D eigenvalue weighted by molar-refractivity contribution is 6.01. The van der Waals surface area contributed by atoms with Crippen molar-refractivity contribution in [1.82, 2.24) is 10.9 Å². The van der Waals surface area contributed by atoms with E-state index < -0.39 is 5.63 Å². The predicted octanol–water partition coefficient (Wildman–Crippen LogP) is -0.200. The first-order chi connectivity index (χ1) is 9.65. The molecule has 104 valence electrons. The van der Waals surface area contributed by atoms with Gasteiger partial charge in [-0.1, -0.05) is 18.2 Å². The average molecular weight is 274 g/mol. The molecular formula is C12H14N6O2. The largest absolute Gasteiger partial charge is 0.422 e. The fourth-order valence-electron chi connectivity index (χ4n) is 1.61. The summed E-state index contributed by atoms with van der Waals surface area (Å²) >= 11 is 0. The Kier molecular flexibility index (Phi) is 3.96. The van der Waals surface area contributed by atoms with E-state index in [1.807, 2.05) is 12.1 Å². The zero-order valence-corrected chi connectivity index (χ0v) is 10.8. The van der Waals surface area contributed by atoms with Crippen molar-refractivity contribution in [3.63, 3.8) is 0 Å². The minimum atomic E-state index is -0.473. The Morgan fingerprint density at radius 1 is 1.35 bits per heavy atom. The van der Waals surface area contributed by atoms with Gasteiger partial charge in [0.1, 0.15) is 5.58 Å². The molecule has 1 aromatic carbocycles. The molecular weight excluding hydrogens is 260 g/mol. The first kappa shape index (κ1) is 13.6. The molecule has 0 radical (unpaired) electrons. The summed E-state index contributed by atoms with van der Waals surface area (Å²) in [5.74, 6) is 10.3. The van der Waals surface area contributed by atoms with E-state index in [1.165, 1.54) is 0 Å². The van der Waals surface area contributed by atoms with Crippen molar-refractivity contribution < 1.29 is 4.42 Å². The maximum Gasteiger partial charge on any atom is 0.345 e. The van der Waals surface area contributed by atoms with Crippen LogP contribution in [-0.2, 0) is 0 Å². The molecule has 0 aliphatic heterocycles. The second-order valence-electron chi connectivity index (χ2n) is 3.92. The Labute approximate surface area is 114 Å². The number of nitrogens with two attached hydrogens (primary N) is 2. The van der Waals surface area contributed by atoms with Gasteiger partial charge in [-0.15, -0.1) is 5.10 Å². The lowest BCUT2D eigenvalue weighted by Gasteiger charge is -2.04. The van der Waals surface area contributed by atoms with Crippen LogP contribution in [-0.4, -0.2) is 11.7 Å². The van der Waals surface area contributed by atoms with Crippen LogP contribution in [0.3, 0.4) is 0 Å². The first-order valence-electron chi connectivity index (χ1n) is 5.73. The van der Waals surface area contributed by atoms with Gasteiger partial charge in [0.25, 0.3) is 0 Å². The van der Waals surface area contributed by atoms with Gasteiger partial charge in [-0.25, -0.2) is 16.1 Å². The highest BCUT2D eigenvalue weighted by Crippen LogP contribution is 2.12. The van der Waals surface area contributed by atoms with Gasteiger partial charge in [-0.05, 0) is 19.1 Å². The zero-order valence-electron chi connectivity index (χ0n) is 10.8. The van der Waals surface area contributed by atoms with Crippen LogP contribution < -0.4 is 28.2 Å². The van der Waals surface area contributed by atoms with E-state index in [0.29, 0.717) is 16.9 Å². The third-order valence-corrected chi connectivity index (χ3v) is 2.63. The van der Waals surface area contributed by atoms with Gasteiger partial charge >= 0.3 is 5.63 Å². The van der Waals surface area contributed by atoms with E-state index in [4.69, 9.17) is 16.1 Å². The lowest BCUT2D eigenvalue weighted by Crippen LogP contribution is -2.40. The summed E-state index contributed by atoms with van der Waals surface area (Å²) in [6.45, 7) is 1.65. The lowest BCUT2D eigenvalue weighted by atomic mass is 10.1. The fraction of sp³-hybridized carbons (Fsp3) is 0.0833. The van der Waals surface area contributed by atoms with Gasteiger partial charge < -0.3 is 10.3 Å². The van der Waals surface area contributed by atoms with Crippen LogP contribution in [0.15, 0.2) is 49.7 Å². The van der Waals surface area contributed by atoms with Crippen LogP contribution >= 0.6 is 0 Å². The summed E-state index contributed by atoms with van der Waals surface area (Å²) in [5, 5.41) is 8.07. The third kappa shape index (κ3) is 2.75. The number of guanidine groups is 1. The molecule has 0 amide bonds. The van der Waals surface area contributed by atoms with Crippen molar-refractivity contribution in [3.05, 3.63) is 46.3 Å². The number of hydrogen-bond acceptors (Lipinski definition) is 6. The minimum Gasteiger partial charge on any atom is -0.422 e. The van der Waals surface area contributed by atoms with Crippen molar-refractivity contribution >= 4 is 22.6 Å². The van der Waals surface area contributed by atoms with Crippen molar-refractivity contribution in [2.75, 3.05) is 0 Å². The van der Waals surface area contributed by atoms with Crippen LogP contribution in [0, 0.1) is 0 Å². The monoisotopic (exact) mass is 274 g/mol. The Morgan fingerprint density at radius 2 is 2.10 bits per heavy atom. The van der Waals surface area contributed by atoms with Gasteiger partial charge in [0.15, 0.2) is 0 Å². The SMILES string of the molecule is C/C(=N\N/C(=N/N)NN)c1cc2ccccc2oc1=O. The Morgan fingerprint density at radius 3 is 2.80 bits per heavy atom. The molecule has 0 aliphatic carbocycles. The number of fused-ring (bicyclic) bond motifs is 1. The van der Waals surface area contributed by atoms with Gasteiger partial charge in [0, 0.05) is 5.39 Å². The van der Waals surface area contributed by atoms with Crippen LogP contribution in [0.5, 0.6) is 0 Å². The summed E-state index contributed by atoms with van der Waals surface area (Å²) in [6.07, 6.45) is 0. The molecule has 8 heteroatoms. The van der Waals surface area contributed by atoms with E-state index in [0.717, 1.165) is 5.39 Å². The molecule has 6 N–H and O–H groups in total. The smallest absolute Gasteiger partial charge is 0.345 e. The van der Waals surface area contributed by atoms with Crippen molar-refractivity contribution in [3.8, 4) is 0 Å². The summed E-state index contributed by atoms with van der Waals surface area (Å²) in [4.78, 5) is 11.9. The fourth-order valence-corrected chi connectivity index (χ4v) is 1.61. The van der Waals surface area contributed by atoms with Crippen LogP contribution in [0.25, 0.3) is 11.0 Å². The van der Waals surface area contributed by atoms with Crippen molar-refractivity contribution in [2.24, 2.45) is 21.9 Å². The summed E-state index contributed by atoms with van der Waals surface area (Å²) in [6, 6.07) is 8.93. The van der Waals surface area contributed by atoms with E-state index in [-0.39, 0.29) is 5.96 Å². The second kappa shape index (κ2) is 5.85. The summed E-state index contributed by atoms with van der Waals surface area (Å²) < 4.78 is 5.21. The summed E-state index contributed by atoms with van der Waals surface area (Å²) in [5.41, 5.74) is 5.50. The Bertz CT molecular complexity index is 734. The molecule has 0 bridgehead atoms. The van der Waals surface area contributed by atoms with Crippen LogP contribution in [0.4, 0.5) is 0 Å². The number of hydrazone groups is 2. The number of hydrazine groups is 1. The molecule has 1 aromatic heterocycles. The molecule has 0 spiro atoms. The Hall–Kier alpha value is -2.87. The zero-order chi connectivity index (χ0) is 14.5. The number of nitrogens with zero attached hydrogens (tertiary/aromatic N) is 2. The molecule has 0 saturated heterocycles. The van der Waals surface area contributed by atoms with Gasteiger partial charge in [-0.3, -0.25) is 5.43 Å². The highest BCUT2D eigenvalue weighted by Gasteiger charge is 2.08. The second-order valence-corrected chi connectivity index (χ2v) is 3.92. The lowest BCUT2D eigenvalue weighted by molar-refractivity contribution is 0.559. The molecule has 2 aromatic rings. The number of rotatable bonds is 2. The molecule has 0 saturated carbocycles. The highest BCUT2D eigenvalue weighted by atomic mass is 16.4. The van der Waals surface area contributed by atoms with E-state index >= 15 is 0 Å². The van der Waals surface area contributed by atoms with Crippen molar-refractivity contribution in [2.45, 2.75) is 6.92 Å². The van der Waals surface area contributed by atoms with Crippen LogP contribution in [0.2, 0.25) is 0 Å². The maximum absolute atomic E-state index is 11.9. The molecule has 0 unspecified atom stereocenters. The molecule has 0 fully saturated rings. The molecule has 1 heterocycles. The normalized spacial score (nSPS) is 12.5. The first-order valence-corrected chi connectivity index (χ1v) is 5.73. The molecule has 8 nitrogen and oxygen atoms in total. The molecule has 20 heavy (non-hydrogen) atoms. The predicted molar refractivity (Wildman–Crippen MR) is 76.8 cm³/mol. The maximum atomic E-state index is 11.9. The van der Waals surface area contributed by atoms with E-state index in [9.17, 15) is 4.79 Å². The van der Waals surface area contributed by atoms with E-state index in [1.54, 1.807) is 25.1 Å². The van der Waals surface area contributed by atoms with Crippen LogP contribution in [0.1, 0.15) is 12.5 Å². The molecule has 0 aliphatic rings. The van der Waals surface area contributed by atoms with E-state index in [2.05, 4.69) is 21.1 Å². The average Bonchev–Trinajstić information content (AvgIpc) is 2.47. The topological polar surface area (TPSA) is 131 Å². The number of hydrogen-bond donors (Lipinski definition) is 4. The molecule has 2 rings (SSSR count). The van der Waals surface area contributed by atoms with Gasteiger partial charge in [-0.2, -0.15) is 5.10 Å². The molecule has 0 atom stereocenters. The van der Waals surface area contributed by atoms with Gasteiger partial charge in [0.05, 0.1) is 11.3 Å². The quantitative estimate of drug-likeness (QED) is 0.197. The number of nitrogens with one attached hydrogen (secondary N) is 2. The minimum absolute atomic E-state index is 0.0644. The standard InChI is InChI=1S/C12H14N6O2/c1-7(17-18-12(15-13)16-14)9-6-8-4-2-3-5-10(8)20-11(9)19/h2-6H,13-14H2,1H3,(H2,15,16,18)/b17-7+. The number of benzene rings is 1.